The molecular weight excluding hydrogens is 202 g/mol. The van der Waals surface area contributed by atoms with Gasteiger partial charge in [0.05, 0.1) is 0 Å². The van der Waals surface area contributed by atoms with E-state index in [0.29, 0.717) is 0 Å². The van der Waals surface area contributed by atoms with E-state index in [2.05, 4.69) is 37.8 Å². The van der Waals surface area contributed by atoms with E-state index < -0.39 is 8.32 Å². The van der Waals surface area contributed by atoms with Gasteiger partial charge in [-0.25, -0.2) is 0 Å². The molecule has 0 saturated carbocycles. The second-order valence-corrected chi connectivity index (χ2v) is 9.65. The fourth-order valence-electron chi connectivity index (χ4n) is 2.03. The maximum absolute atomic E-state index is 6.03. The Balaban J connectivity index is 2.26. The van der Waals surface area contributed by atoms with Crippen molar-refractivity contribution in [3.05, 3.63) is 29.3 Å². The molecule has 1 aliphatic carbocycles. The lowest BCUT2D eigenvalue weighted by Gasteiger charge is -2.20. The highest BCUT2D eigenvalue weighted by Gasteiger charge is 2.21. The number of rotatable bonds is 2. The van der Waals surface area contributed by atoms with Gasteiger partial charge < -0.3 is 10.2 Å². The second kappa shape index (κ2) is 3.65. The van der Waals surface area contributed by atoms with Gasteiger partial charge in [-0.3, -0.25) is 0 Å². The highest BCUT2D eigenvalue weighted by Crippen LogP contribution is 2.32. The molecule has 82 valence electrons. The molecule has 0 spiro atoms. The third kappa shape index (κ3) is 2.41. The number of nitrogens with two attached hydrogens (primary N) is 1. The van der Waals surface area contributed by atoms with Gasteiger partial charge in [0.2, 0.25) is 8.32 Å². The minimum atomic E-state index is -1.49. The number of hydrogen-bond donors (Lipinski definition) is 1. The Labute approximate surface area is 92.6 Å². The van der Waals surface area contributed by atoms with Gasteiger partial charge in [-0.2, -0.15) is 0 Å². The van der Waals surface area contributed by atoms with Crippen LogP contribution < -0.4 is 10.2 Å². The van der Waals surface area contributed by atoms with Crippen molar-refractivity contribution >= 4 is 8.32 Å². The highest BCUT2D eigenvalue weighted by molar-refractivity contribution is 6.70. The molecule has 0 heterocycles. The molecule has 0 saturated heterocycles. The molecule has 1 aromatic carbocycles. The van der Waals surface area contributed by atoms with Crippen LogP contribution in [0.25, 0.3) is 0 Å². The summed E-state index contributed by atoms with van der Waals surface area (Å²) in [5.74, 6) is 0.991. The van der Waals surface area contributed by atoms with E-state index in [1.54, 1.807) is 0 Å². The molecular formula is C12H19NOSi. The molecule has 0 amide bonds. The van der Waals surface area contributed by atoms with Crippen LogP contribution in [0.3, 0.4) is 0 Å². The van der Waals surface area contributed by atoms with Crippen LogP contribution in [-0.2, 0) is 6.42 Å². The van der Waals surface area contributed by atoms with E-state index in [9.17, 15) is 0 Å². The molecule has 0 bridgehead atoms. The van der Waals surface area contributed by atoms with E-state index >= 15 is 0 Å². The van der Waals surface area contributed by atoms with Gasteiger partial charge in [-0.05, 0) is 55.7 Å². The van der Waals surface area contributed by atoms with Gasteiger partial charge in [-0.15, -0.1) is 0 Å². The second-order valence-electron chi connectivity index (χ2n) is 5.22. The van der Waals surface area contributed by atoms with Crippen molar-refractivity contribution in [2.75, 3.05) is 0 Å². The third-order valence-corrected chi connectivity index (χ3v) is 3.51. The Kier molecular flexibility index (Phi) is 2.60. The normalized spacial score (nSPS) is 20.1. The first-order valence-corrected chi connectivity index (χ1v) is 8.94. The van der Waals surface area contributed by atoms with Crippen molar-refractivity contribution in [1.29, 1.82) is 0 Å². The molecule has 15 heavy (non-hydrogen) atoms. The molecule has 1 atom stereocenters. The quantitative estimate of drug-likeness (QED) is 0.779. The van der Waals surface area contributed by atoms with Gasteiger partial charge in [0.25, 0.3) is 0 Å². The summed E-state index contributed by atoms with van der Waals surface area (Å²) in [5.41, 5.74) is 8.71. The maximum Gasteiger partial charge on any atom is 0.242 e. The van der Waals surface area contributed by atoms with Crippen LogP contribution in [0, 0.1) is 0 Å². The van der Waals surface area contributed by atoms with Crippen molar-refractivity contribution in [2.45, 2.75) is 38.5 Å². The standard InChI is InChI=1S/C12H19NOSi/c1-15(2,3)14-10-6-4-9-5-7-12(13)11(9)8-10/h4,6,8,12H,5,7,13H2,1-3H3. The molecule has 1 unspecified atom stereocenters. The van der Waals surface area contributed by atoms with Gasteiger partial charge in [0.1, 0.15) is 5.75 Å². The summed E-state index contributed by atoms with van der Waals surface area (Å²) in [4.78, 5) is 0. The Morgan fingerprint density at radius 3 is 2.73 bits per heavy atom. The lowest BCUT2D eigenvalue weighted by Crippen LogP contribution is -2.29. The molecule has 0 fully saturated rings. The SMILES string of the molecule is C[Si](C)(C)Oc1ccc2c(c1)C(N)CC2. The first-order chi connectivity index (χ1) is 6.96. The van der Waals surface area contributed by atoms with Crippen molar-refractivity contribution in [3.63, 3.8) is 0 Å². The average Bonchev–Trinajstić information content (AvgIpc) is 2.45. The molecule has 2 N–H and O–H groups in total. The van der Waals surface area contributed by atoms with Gasteiger partial charge in [0.15, 0.2) is 0 Å². The van der Waals surface area contributed by atoms with Crippen LogP contribution in [0.4, 0.5) is 0 Å². The summed E-state index contributed by atoms with van der Waals surface area (Å²) in [7, 11) is -1.49. The molecule has 1 aromatic rings. The summed E-state index contributed by atoms with van der Waals surface area (Å²) in [6.45, 7) is 6.58. The lowest BCUT2D eigenvalue weighted by atomic mass is 10.1. The Morgan fingerprint density at radius 2 is 2.07 bits per heavy atom. The number of hydrogen-bond acceptors (Lipinski definition) is 2. The van der Waals surface area contributed by atoms with E-state index in [1.165, 1.54) is 11.1 Å². The Bertz CT molecular complexity index is 370. The zero-order valence-electron chi connectivity index (χ0n) is 9.71. The summed E-state index contributed by atoms with van der Waals surface area (Å²) in [6.07, 6.45) is 2.19. The number of benzene rings is 1. The smallest absolute Gasteiger partial charge is 0.242 e. The summed E-state index contributed by atoms with van der Waals surface area (Å²) >= 11 is 0. The van der Waals surface area contributed by atoms with Crippen molar-refractivity contribution in [3.8, 4) is 5.75 Å². The van der Waals surface area contributed by atoms with E-state index in [1.807, 2.05) is 0 Å². The monoisotopic (exact) mass is 221 g/mol. The van der Waals surface area contributed by atoms with E-state index in [-0.39, 0.29) is 6.04 Å². The van der Waals surface area contributed by atoms with Gasteiger partial charge in [0, 0.05) is 6.04 Å². The van der Waals surface area contributed by atoms with Crippen LogP contribution in [0.2, 0.25) is 19.6 Å². The highest BCUT2D eigenvalue weighted by atomic mass is 28.4. The molecule has 2 nitrogen and oxygen atoms in total. The van der Waals surface area contributed by atoms with Crippen LogP contribution in [0.15, 0.2) is 18.2 Å². The minimum absolute atomic E-state index is 0.213. The Morgan fingerprint density at radius 1 is 1.33 bits per heavy atom. The molecule has 3 heteroatoms. The van der Waals surface area contributed by atoms with Gasteiger partial charge in [-0.1, -0.05) is 6.07 Å². The predicted molar refractivity (Wildman–Crippen MR) is 65.7 cm³/mol. The zero-order valence-corrected chi connectivity index (χ0v) is 10.7. The van der Waals surface area contributed by atoms with Crippen LogP contribution in [0.5, 0.6) is 5.75 Å². The number of fused-ring (bicyclic) bond motifs is 1. The molecule has 0 aliphatic heterocycles. The van der Waals surface area contributed by atoms with Crippen molar-refractivity contribution < 1.29 is 4.43 Å². The maximum atomic E-state index is 6.03. The van der Waals surface area contributed by atoms with E-state index in [4.69, 9.17) is 10.2 Å². The fraction of sp³-hybridized carbons (Fsp3) is 0.500. The largest absolute Gasteiger partial charge is 0.544 e. The topological polar surface area (TPSA) is 35.2 Å². The zero-order chi connectivity index (χ0) is 11.1. The predicted octanol–water partition coefficient (Wildman–Crippen LogP) is 2.85. The molecule has 0 aromatic heterocycles. The van der Waals surface area contributed by atoms with Crippen LogP contribution in [-0.4, -0.2) is 8.32 Å². The lowest BCUT2D eigenvalue weighted by molar-refractivity contribution is 0.556. The molecule has 1 aliphatic rings. The molecule has 0 radical (unpaired) electrons. The first kappa shape index (κ1) is 10.7. The fourth-order valence-corrected chi connectivity index (χ4v) is 2.86. The average molecular weight is 221 g/mol. The number of aryl methyl sites for hydroxylation is 1. The van der Waals surface area contributed by atoms with Gasteiger partial charge >= 0.3 is 0 Å². The summed E-state index contributed by atoms with van der Waals surface area (Å²) in [5, 5.41) is 0. The first-order valence-electron chi connectivity index (χ1n) is 5.53. The van der Waals surface area contributed by atoms with Crippen molar-refractivity contribution in [1.82, 2.24) is 0 Å². The Hall–Kier alpha value is -0.803. The third-order valence-electron chi connectivity index (χ3n) is 2.67. The molecule has 2 rings (SSSR count). The summed E-state index contributed by atoms with van der Waals surface area (Å²) < 4.78 is 5.96. The summed E-state index contributed by atoms with van der Waals surface area (Å²) in [6, 6.07) is 6.59. The van der Waals surface area contributed by atoms with Crippen LogP contribution in [0.1, 0.15) is 23.6 Å². The van der Waals surface area contributed by atoms with Crippen molar-refractivity contribution in [2.24, 2.45) is 5.73 Å². The minimum Gasteiger partial charge on any atom is -0.544 e. The van der Waals surface area contributed by atoms with E-state index in [0.717, 1.165) is 18.6 Å². The van der Waals surface area contributed by atoms with Crippen LogP contribution >= 0.6 is 0 Å².